The lowest BCUT2D eigenvalue weighted by Gasteiger charge is -2.12. The summed E-state index contributed by atoms with van der Waals surface area (Å²) in [5.74, 6) is 1.15. The number of aromatic amines is 1. The van der Waals surface area contributed by atoms with Gasteiger partial charge in [-0.3, -0.25) is 4.98 Å². The van der Waals surface area contributed by atoms with Crippen molar-refractivity contribution in [2.24, 2.45) is 0 Å². The summed E-state index contributed by atoms with van der Waals surface area (Å²) in [7, 11) is 1.59. The number of imidazole rings is 1. The minimum absolute atomic E-state index is 0.0767. The maximum absolute atomic E-state index is 12.4. The van der Waals surface area contributed by atoms with Crippen LogP contribution in [0, 0.1) is 13.8 Å². The van der Waals surface area contributed by atoms with Gasteiger partial charge in [-0.1, -0.05) is 0 Å². The van der Waals surface area contributed by atoms with Crippen LogP contribution in [0.15, 0.2) is 17.4 Å². The highest BCUT2D eigenvalue weighted by Crippen LogP contribution is 2.24. The van der Waals surface area contributed by atoms with E-state index in [4.69, 9.17) is 9.47 Å². The summed E-state index contributed by atoms with van der Waals surface area (Å²) in [6.07, 6.45) is 1.46. The molecule has 22 heavy (non-hydrogen) atoms. The Morgan fingerprint density at radius 2 is 2.14 bits per heavy atom. The summed E-state index contributed by atoms with van der Waals surface area (Å²) in [5, 5.41) is 0.274. The zero-order valence-corrected chi connectivity index (χ0v) is 13.5. The molecule has 0 spiro atoms. The third-order valence-corrected chi connectivity index (χ3v) is 4.19. The van der Waals surface area contributed by atoms with Crippen molar-refractivity contribution in [1.82, 2.24) is 15.0 Å². The fourth-order valence-corrected chi connectivity index (χ4v) is 2.98. The fourth-order valence-electron chi connectivity index (χ4n) is 1.94. The number of ether oxygens (including phenoxy) is 2. The first-order valence-electron chi connectivity index (χ1n) is 6.68. The number of hydrogen-bond donors (Lipinski definition) is 1. The average molecular weight is 327 g/mol. The molecule has 1 atom stereocenters. The van der Waals surface area contributed by atoms with Gasteiger partial charge in [0, 0.05) is 28.5 Å². The molecule has 0 fully saturated rings. The number of alkyl halides is 1. The summed E-state index contributed by atoms with van der Waals surface area (Å²) in [4.78, 5) is 11.2. The van der Waals surface area contributed by atoms with Crippen molar-refractivity contribution < 1.29 is 18.4 Å². The minimum Gasteiger partial charge on any atom is -0.609 e. The van der Waals surface area contributed by atoms with E-state index < -0.39 is 17.9 Å². The predicted octanol–water partition coefficient (Wildman–Crippen LogP) is 2.09. The lowest BCUT2D eigenvalue weighted by molar-refractivity contribution is 0.264. The van der Waals surface area contributed by atoms with Crippen LogP contribution in [0.4, 0.5) is 4.39 Å². The monoisotopic (exact) mass is 327 g/mol. The van der Waals surface area contributed by atoms with Gasteiger partial charge in [-0.25, -0.2) is 4.39 Å². The smallest absolute Gasteiger partial charge is 0.324 e. The van der Waals surface area contributed by atoms with Gasteiger partial charge >= 0.3 is 5.16 Å². The summed E-state index contributed by atoms with van der Waals surface area (Å²) >= 11 is -1.41. The summed E-state index contributed by atoms with van der Waals surface area (Å²) in [6, 6.07) is 1.83. The van der Waals surface area contributed by atoms with Crippen LogP contribution in [0.3, 0.4) is 0 Å². The van der Waals surface area contributed by atoms with Gasteiger partial charge in [0.15, 0.2) is 5.75 Å². The first-order valence-corrected chi connectivity index (χ1v) is 8.00. The summed E-state index contributed by atoms with van der Waals surface area (Å²) < 4.78 is 34.7. The third-order valence-electron chi connectivity index (χ3n) is 3.02. The molecule has 8 heteroatoms. The van der Waals surface area contributed by atoms with Crippen molar-refractivity contribution in [3.8, 4) is 11.6 Å². The molecule has 2 aromatic rings. The van der Waals surface area contributed by atoms with Crippen LogP contribution >= 0.6 is 0 Å². The van der Waals surface area contributed by atoms with E-state index in [1.165, 1.54) is 6.20 Å². The molecule has 0 radical (unpaired) electrons. The van der Waals surface area contributed by atoms with E-state index in [0.29, 0.717) is 11.4 Å². The van der Waals surface area contributed by atoms with E-state index in [9.17, 15) is 8.94 Å². The second-order valence-electron chi connectivity index (χ2n) is 4.61. The number of hydrogen-bond acceptors (Lipinski definition) is 5. The molecule has 2 aromatic heterocycles. The van der Waals surface area contributed by atoms with E-state index in [2.05, 4.69) is 15.0 Å². The molecule has 0 saturated carbocycles. The highest BCUT2D eigenvalue weighted by atomic mass is 32.2. The van der Waals surface area contributed by atoms with Gasteiger partial charge in [0.05, 0.1) is 19.0 Å². The molecule has 2 rings (SSSR count). The molecule has 0 amide bonds. The number of halogens is 1. The van der Waals surface area contributed by atoms with Crippen LogP contribution in [0.5, 0.6) is 11.6 Å². The van der Waals surface area contributed by atoms with Gasteiger partial charge in [-0.15, -0.1) is 4.98 Å². The standard InChI is InChI=1S/C14H18FN3O3S/c1-9-6-12(20-3)10(2)11(17-9)8-22(19)14-16-7-13(18-14)21-5-4-15/h6-7H,4-5,8H2,1-3H3,(H,16,18). The lowest BCUT2D eigenvalue weighted by atomic mass is 10.2. The van der Waals surface area contributed by atoms with Crippen molar-refractivity contribution in [2.75, 3.05) is 20.4 Å². The topological polar surface area (TPSA) is 83.1 Å². The Hall–Kier alpha value is -1.80. The van der Waals surface area contributed by atoms with Crippen LogP contribution in [0.25, 0.3) is 0 Å². The van der Waals surface area contributed by atoms with Crippen molar-refractivity contribution in [3.05, 3.63) is 29.2 Å². The Morgan fingerprint density at radius 1 is 1.36 bits per heavy atom. The fraction of sp³-hybridized carbons (Fsp3) is 0.429. The largest absolute Gasteiger partial charge is 0.609 e. The van der Waals surface area contributed by atoms with E-state index in [-0.39, 0.29) is 23.4 Å². The molecule has 0 aliphatic carbocycles. The van der Waals surface area contributed by atoms with E-state index in [0.717, 1.165) is 11.3 Å². The number of aromatic nitrogens is 3. The zero-order valence-electron chi connectivity index (χ0n) is 12.7. The molecule has 0 aliphatic heterocycles. The Kier molecular flexibility index (Phi) is 5.62. The van der Waals surface area contributed by atoms with Gasteiger partial charge in [-0.2, -0.15) is 0 Å². The normalized spacial score (nSPS) is 12.2. The summed E-state index contributed by atoms with van der Waals surface area (Å²) in [5.41, 5.74) is 2.33. The molecular weight excluding hydrogens is 309 g/mol. The van der Waals surface area contributed by atoms with Crippen molar-refractivity contribution in [1.29, 1.82) is 0 Å². The van der Waals surface area contributed by atoms with Crippen LogP contribution in [0.2, 0.25) is 0 Å². The number of H-pyrrole nitrogens is 1. The molecule has 0 aliphatic rings. The molecule has 0 saturated heterocycles. The predicted molar refractivity (Wildman–Crippen MR) is 80.4 cm³/mol. The SMILES string of the molecule is COc1cc(C)nc(C[S+]([O-])c2nc(OCCF)c[nH]2)c1C. The van der Waals surface area contributed by atoms with Gasteiger partial charge in [0.2, 0.25) is 5.88 Å². The maximum Gasteiger partial charge on any atom is 0.324 e. The highest BCUT2D eigenvalue weighted by molar-refractivity contribution is 7.90. The van der Waals surface area contributed by atoms with Crippen LogP contribution < -0.4 is 9.47 Å². The second kappa shape index (κ2) is 7.46. The Bertz CT molecular complexity index is 636. The van der Waals surface area contributed by atoms with E-state index in [1.54, 1.807) is 7.11 Å². The van der Waals surface area contributed by atoms with Crippen LogP contribution in [-0.4, -0.2) is 39.9 Å². The highest BCUT2D eigenvalue weighted by Gasteiger charge is 2.20. The molecule has 1 unspecified atom stereocenters. The molecule has 0 bridgehead atoms. The quantitative estimate of drug-likeness (QED) is 0.787. The van der Waals surface area contributed by atoms with Crippen molar-refractivity contribution >= 4 is 11.2 Å². The Morgan fingerprint density at radius 3 is 2.82 bits per heavy atom. The molecular formula is C14H18FN3O3S. The third kappa shape index (κ3) is 3.89. The molecule has 1 N–H and O–H groups in total. The Balaban J connectivity index is 2.13. The minimum atomic E-state index is -1.41. The number of methoxy groups -OCH3 is 1. The van der Waals surface area contributed by atoms with E-state index in [1.807, 2.05) is 19.9 Å². The van der Waals surface area contributed by atoms with Gasteiger partial charge in [0.1, 0.15) is 19.0 Å². The maximum atomic E-state index is 12.4. The van der Waals surface area contributed by atoms with Crippen molar-refractivity contribution in [2.45, 2.75) is 24.8 Å². The van der Waals surface area contributed by atoms with Gasteiger partial charge in [0.25, 0.3) is 0 Å². The first kappa shape index (κ1) is 16.6. The average Bonchev–Trinajstić information content (AvgIpc) is 2.97. The first-order chi connectivity index (χ1) is 10.5. The molecule has 0 aromatic carbocycles. The van der Waals surface area contributed by atoms with Crippen molar-refractivity contribution in [3.63, 3.8) is 0 Å². The molecule has 6 nitrogen and oxygen atoms in total. The number of nitrogens with one attached hydrogen (secondary N) is 1. The van der Waals surface area contributed by atoms with Gasteiger partial charge < -0.3 is 19.0 Å². The zero-order chi connectivity index (χ0) is 16.1. The Labute approximate surface area is 131 Å². The number of pyridine rings is 1. The number of aryl methyl sites for hydroxylation is 1. The van der Waals surface area contributed by atoms with Crippen LogP contribution in [-0.2, 0) is 16.9 Å². The number of nitrogens with zero attached hydrogens (tertiary/aromatic N) is 2. The molecule has 2 heterocycles. The second-order valence-corrected chi connectivity index (χ2v) is 5.98. The summed E-state index contributed by atoms with van der Waals surface area (Å²) in [6.45, 7) is 3.05. The lowest BCUT2D eigenvalue weighted by Crippen LogP contribution is -2.11. The molecule has 120 valence electrons. The van der Waals surface area contributed by atoms with Gasteiger partial charge in [-0.05, 0) is 13.8 Å². The van der Waals surface area contributed by atoms with Crippen LogP contribution in [0.1, 0.15) is 17.0 Å². The van der Waals surface area contributed by atoms with E-state index >= 15 is 0 Å². The number of rotatable bonds is 7.